The Morgan fingerprint density at radius 1 is 1.15 bits per heavy atom. The lowest BCUT2D eigenvalue weighted by molar-refractivity contribution is -0.123. The highest BCUT2D eigenvalue weighted by molar-refractivity contribution is 6.30. The molecule has 0 aliphatic carbocycles. The summed E-state index contributed by atoms with van der Waals surface area (Å²) in [7, 11) is 0. The van der Waals surface area contributed by atoms with Crippen molar-refractivity contribution in [1.29, 1.82) is 0 Å². The zero-order valence-corrected chi connectivity index (χ0v) is 15.6. The van der Waals surface area contributed by atoms with Crippen LogP contribution in [-0.4, -0.2) is 50.3 Å². The summed E-state index contributed by atoms with van der Waals surface area (Å²) in [6, 6.07) is 13.2. The van der Waals surface area contributed by atoms with Gasteiger partial charge in [0, 0.05) is 24.7 Å². The first-order chi connectivity index (χ1) is 13.1. The Kier molecular flexibility index (Phi) is 7.04. The van der Waals surface area contributed by atoms with E-state index in [4.69, 9.17) is 21.1 Å². The summed E-state index contributed by atoms with van der Waals surface area (Å²) < 4.78 is 24.1. The molecule has 144 valence electrons. The van der Waals surface area contributed by atoms with Crippen molar-refractivity contribution in [1.82, 2.24) is 10.2 Å². The van der Waals surface area contributed by atoms with E-state index in [9.17, 15) is 9.18 Å². The van der Waals surface area contributed by atoms with Crippen LogP contribution in [0.15, 0.2) is 48.5 Å². The quantitative estimate of drug-likeness (QED) is 0.786. The standard InChI is InChI=1S/C20H22ClFN2O3/c21-16-3-7-18(8-4-16)27-14-20(25)23-13-19(24-9-11-26-12-10-24)15-1-5-17(22)6-2-15/h1-8,19H,9-14H2,(H,23,25)/t19-/m0/s1. The molecule has 1 heterocycles. The van der Waals surface area contributed by atoms with Crippen molar-refractivity contribution < 1.29 is 18.7 Å². The number of halogens is 2. The van der Waals surface area contributed by atoms with Gasteiger partial charge in [0.25, 0.3) is 5.91 Å². The predicted octanol–water partition coefficient (Wildman–Crippen LogP) is 3.05. The average Bonchev–Trinajstić information content (AvgIpc) is 2.70. The highest BCUT2D eigenvalue weighted by Crippen LogP contribution is 2.22. The third-order valence-corrected chi connectivity index (χ3v) is 4.67. The van der Waals surface area contributed by atoms with Gasteiger partial charge in [-0.05, 0) is 42.0 Å². The van der Waals surface area contributed by atoms with Crippen molar-refractivity contribution in [3.63, 3.8) is 0 Å². The van der Waals surface area contributed by atoms with Crippen LogP contribution in [0, 0.1) is 5.82 Å². The molecule has 2 aromatic carbocycles. The lowest BCUT2D eigenvalue weighted by Gasteiger charge is -2.35. The molecular weight excluding hydrogens is 371 g/mol. The topological polar surface area (TPSA) is 50.8 Å². The Labute approximate surface area is 163 Å². The molecule has 2 aromatic rings. The second kappa shape index (κ2) is 9.69. The molecule has 27 heavy (non-hydrogen) atoms. The molecule has 1 amide bonds. The summed E-state index contributed by atoms with van der Waals surface area (Å²) in [4.78, 5) is 14.4. The average molecular weight is 393 g/mol. The molecule has 0 saturated carbocycles. The van der Waals surface area contributed by atoms with Crippen LogP contribution in [-0.2, 0) is 9.53 Å². The van der Waals surface area contributed by atoms with Crippen LogP contribution in [0.25, 0.3) is 0 Å². The van der Waals surface area contributed by atoms with E-state index in [2.05, 4.69) is 10.2 Å². The Morgan fingerprint density at radius 2 is 1.81 bits per heavy atom. The number of benzene rings is 2. The summed E-state index contributed by atoms with van der Waals surface area (Å²) in [5.74, 6) is 0.0861. The Balaban J connectivity index is 1.57. The van der Waals surface area contributed by atoms with Crippen molar-refractivity contribution in [3.05, 3.63) is 64.9 Å². The fourth-order valence-electron chi connectivity index (χ4n) is 2.97. The van der Waals surface area contributed by atoms with Gasteiger partial charge in [-0.2, -0.15) is 0 Å². The van der Waals surface area contributed by atoms with Crippen molar-refractivity contribution >= 4 is 17.5 Å². The largest absolute Gasteiger partial charge is 0.484 e. The van der Waals surface area contributed by atoms with Crippen LogP contribution in [0.1, 0.15) is 11.6 Å². The number of rotatable bonds is 7. The lowest BCUT2D eigenvalue weighted by Crippen LogP contribution is -2.44. The van der Waals surface area contributed by atoms with Gasteiger partial charge in [-0.3, -0.25) is 9.69 Å². The summed E-state index contributed by atoms with van der Waals surface area (Å²) >= 11 is 5.83. The molecular formula is C20H22ClFN2O3. The van der Waals surface area contributed by atoms with Gasteiger partial charge in [0.05, 0.1) is 19.3 Å². The molecule has 1 aliphatic rings. The number of hydrogen-bond acceptors (Lipinski definition) is 4. The first kappa shape index (κ1) is 19.6. The molecule has 1 atom stereocenters. The number of carbonyl (C=O) groups is 1. The first-order valence-corrected chi connectivity index (χ1v) is 9.22. The van der Waals surface area contributed by atoms with Gasteiger partial charge in [-0.25, -0.2) is 4.39 Å². The van der Waals surface area contributed by atoms with Gasteiger partial charge in [-0.15, -0.1) is 0 Å². The maximum absolute atomic E-state index is 13.3. The molecule has 0 spiro atoms. The molecule has 0 unspecified atom stereocenters. The SMILES string of the molecule is O=C(COc1ccc(Cl)cc1)NC[C@@H](c1ccc(F)cc1)N1CCOCC1. The normalized spacial score (nSPS) is 15.9. The van der Waals surface area contributed by atoms with Gasteiger partial charge >= 0.3 is 0 Å². The van der Waals surface area contributed by atoms with Crippen LogP contribution in [0.4, 0.5) is 4.39 Å². The van der Waals surface area contributed by atoms with Crippen LogP contribution < -0.4 is 10.1 Å². The molecule has 7 heteroatoms. The Bertz CT molecular complexity index is 734. The van der Waals surface area contributed by atoms with Gasteiger partial charge < -0.3 is 14.8 Å². The zero-order chi connectivity index (χ0) is 19.1. The monoisotopic (exact) mass is 392 g/mol. The Hall–Kier alpha value is -2.15. The van der Waals surface area contributed by atoms with Crippen molar-refractivity contribution in [3.8, 4) is 5.75 Å². The second-order valence-corrected chi connectivity index (χ2v) is 6.70. The van der Waals surface area contributed by atoms with Crippen LogP contribution in [0.5, 0.6) is 5.75 Å². The minimum Gasteiger partial charge on any atom is -0.484 e. The van der Waals surface area contributed by atoms with Gasteiger partial charge in [0.1, 0.15) is 11.6 Å². The van der Waals surface area contributed by atoms with Crippen LogP contribution in [0.2, 0.25) is 5.02 Å². The minimum atomic E-state index is -0.278. The molecule has 5 nitrogen and oxygen atoms in total. The molecule has 1 N–H and O–H groups in total. The highest BCUT2D eigenvalue weighted by Gasteiger charge is 2.23. The zero-order valence-electron chi connectivity index (χ0n) is 14.9. The lowest BCUT2D eigenvalue weighted by atomic mass is 10.0. The molecule has 3 rings (SSSR count). The molecule has 0 bridgehead atoms. The first-order valence-electron chi connectivity index (χ1n) is 8.84. The maximum Gasteiger partial charge on any atom is 0.258 e. The third-order valence-electron chi connectivity index (χ3n) is 4.42. The summed E-state index contributed by atoms with van der Waals surface area (Å²) in [6.45, 7) is 3.14. The fraction of sp³-hybridized carbons (Fsp3) is 0.350. The van der Waals surface area contributed by atoms with E-state index >= 15 is 0 Å². The molecule has 1 saturated heterocycles. The van der Waals surface area contributed by atoms with E-state index in [-0.39, 0.29) is 24.4 Å². The van der Waals surface area contributed by atoms with Crippen molar-refractivity contribution in [2.45, 2.75) is 6.04 Å². The van der Waals surface area contributed by atoms with E-state index in [0.717, 1.165) is 18.7 Å². The smallest absolute Gasteiger partial charge is 0.258 e. The van der Waals surface area contributed by atoms with Crippen LogP contribution in [0.3, 0.4) is 0 Å². The van der Waals surface area contributed by atoms with E-state index < -0.39 is 0 Å². The molecule has 0 radical (unpaired) electrons. The van der Waals surface area contributed by atoms with Gasteiger partial charge in [0.2, 0.25) is 0 Å². The number of carbonyl (C=O) groups excluding carboxylic acids is 1. The van der Waals surface area contributed by atoms with Crippen molar-refractivity contribution in [2.24, 2.45) is 0 Å². The van der Waals surface area contributed by atoms with E-state index in [1.165, 1.54) is 12.1 Å². The number of ether oxygens (including phenoxy) is 2. The van der Waals surface area contributed by atoms with E-state index in [1.807, 2.05) is 0 Å². The number of hydrogen-bond donors (Lipinski definition) is 1. The van der Waals surface area contributed by atoms with E-state index in [1.54, 1.807) is 36.4 Å². The van der Waals surface area contributed by atoms with Gasteiger partial charge in [0.15, 0.2) is 6.61 Å². The van der Waals surface area contributed by atoms with Gasteiger partial charge in [-0.1, -0.05) is 23.7 Å². The number of amides is 1. The van der Waals surface area contributed by atoms with Crippen molar-refractivity contribution in [2.75, 3.05) is 39.5 Å². The predicted molar refractivity (Wildman–Crippen MR) is 101 cm³/mol. The van der Waals surface area contributed by atoms with E-state index in [0.29, 0.717) is 30.5 Å². The van der Waals surface area contributed by atoms with Crippen LogP contribution >= 0.6 is 11.6 Å². The number of morpholine rings is 1. The highest BCUT2D eigenvalue weighted by atomic mass is 35.5. The molecule has 1 fully saturated rings. The summed E-state index contributed by atoms with van der Waals surface area (Å²) in [5, 5.41) is 3.52. The fourth-order valence-corrected chi connectivity index (χ4v) is 3.10. The summed E-state index contributed by atoms with van der Waals surface area (Å²) in [5.41, 5.74) is 0.956. The molecule has 1 aliphatic heterocycles. The minimum absolute atomic E-state index is 0.0472. The third kappa shape index (κ3) is 5.92. The second-order valence-electron chi connectivity index (χ2n) is 6.26. The number of nitrogens with one attached hydrogen (secondary N) is 1. The molecule has 0 aromatic heterocycles. The summed E-state index contributed by atoms with van der Waals surface area (Å²) in [6.07, 6.45) is 0. The number of nitrogens with zero attached hydrogens (tertiary/aromatic N) is 1. The maximum atomic E-state index is 13.3. The Morgan fingerprint density at radius 3 is 2.48 bits per heavy atom.